The van der Waals surface area contributed by atoms with Crippen molar-refractivity contribution in [2.45, 2.75) is 27.2 Å². The predicted molar refractivity (Wildman–Crippen MR) is 77.8 cm³/mol. The molecule has 0 aliphatic heterocycles. The number of thiazole rings is 1. The Balaban J connectivity index is 2.49. The van der Waals surface area contributed by atoms with Crippen molar-refractivity contribution in [1.82, 2.24) is 15.0 Å². The summed E-state index contributed by atoms with van der Waals surface area (Å²) in [5.74, 6) is 0.258. The molecule has 2 aromatic rings. The minimum absolute atomic E-state index is 0.258. The molecule has 0 radical (unpaired) electrons. The SMILES string of the molecule is Cc1ncc(-c2nc(CC(C)C)c(C(=O)O)s2)c(N)n1. The lowest BCUT2D eigenvalue weighted by Crippen LogP contribution is -2.02. The molecule has 3 N–H and O–H groups in total. The molecule has 0 spiro atoms. The van der Waals surface area contributed by atoms with Gasteiger partial charge in [0.25, 0.3) is 0 Å². The van der Waals surface area contributed by atoms with Crippen LogP contribution in [0.15, 0.2) is 6.20 Å². The summed E-state index contributed by atoms with van der Waals surface area (Å²) in [6.45, 7) is 5.79. The molecule has 0 saturated heterocycles. The lowest BCUT2D eigenvalue weighted by Gasteiger charge is -2.02. The number of hydrogen-bond acceptors (Lipinski definition) is 6. The van der Waals surface area contributed by atoms with Crippen LogP contribution in [0.5, 0.6) is 0 Å². The third kappa shape index (κ3) is 2.93. The Kier molecular flexibility index (Phi) is 3.99. The lowest BCUT2D eigenvalue weighted by molar-refractivity contribution is 0.0700. The van der Waals surface area contributed by atoms with E-state index in [1.807, 2.05) is 13.8 Å². The number of carboxylic acid groups (broad SMARTS) is 1. The molecule has 7 heteroatoms. The minimum atomic E-state index is -0.962. The van der Waals surface area contributed by atoms with Gasteiger partial charge in [-0.2, -0.15) is 0 Å². The van der Waals surface area contributed by atoms with Gasteiger partial charge in [-0.25, -0.2) is 19.7 Å². The summed E-state index contributed by atoms with van der Waals surface area (Å²) in [4.78, 5) is 24.1. The van der Waals surface area contributed by atoms with Crippen LogP contribution in [0.1, 0.15) is 35.0 Å². The number of nitrogens with two attached hydrogens (primary N) is 1. The lowest BCUT2D eigenvalue weighted by atomic mass is 10.1. The Morgan fingerprint density at radius 2 is 2.15 bits per heavy atom. The fourth-order valence-corrected chi connectivity index (χ4v) is 2.76. The summed E-state index contributed by atoms with van der Waals surface area (Å²) in [5, 5.41) is 9.81. The molecule has 0 amide bonds. The Morgan fingerprint density at radius 1 is 1.45 bits per heavy atom. The molecular weight excluding hydrogens is 276 g/mol. The zero-order chi connectivity index (χ0) is 14.9. The third-order valence-corrected chi connectivity index (χ3v) is 3.78. The first kappa shape index (κ1) is 14.4. The highest BCUT2D eigenvalue weighted by Gasteiger charge is 2.20. The van der Waals surface area contributed by atoms with E-state index in [0.29, 0.717) is 40.2 Å². The quantitative estimate of drug-likeness (QED) is 0.897. The van der Waals surface area contributed by atoms with Crippen molar-refractivity contribution < 1.29 is 9.90 Å². The number of aromatic nitrogens is 3. The van der Waals surface area contributed by atoms with E-state index in [9.17, 15) is 9.90 Å². The van der Waals surface area contributed by atoms with Crippen molar-refractivity contribution in [1.29, 1.82) is 0 Å². The Bertz CT molecular complexity index is 652. The summed E-state index contributed by atoms with van der Waals surface area (Å²) in [6, 6.07) is 0. The molecule has 0 saturated carbocycles. The van der Waals surface area contributed by atoms with Crippen LogP contribution in [0.2, 0.25) is 0 Å². The van der Waals surface area contributed by atoms with Crippen molar-refractivity contribution in [3.05, 3.63) is 22.6 Å². The van der Waals surface area contributed by atoms with Gasteiger partial charge in [0, 0.05) is 6.20 Å². The van der Waals surface area contributed by atoms with E-state index in [0.717, 1.165) is 11.3 Å². The molecule has 0 fully saturated rings. The minimum Gasteiger partial charge on any atom is -0.477 e. The zero-order valence-electron chi connectivity index (χ0n) is 11.5. The molecule has 2 rings (SSSR count). The van der Waals surface area contributed by atoms with E-state index in [1.54, 1.807) is 13.1 Å². The summed E-state index contributed by atoms with van der Waals surface area (Å²) < 4.78 is 0. The number of anilines is 1. The predicted octanol–water partition coefficient (Wildman–Crippen LogP) is 2.39. The van der Waals surface area contributed by atoms with Gasteiger partial charge in [-0.15, -0.1) is 11.3 Å². The van der Waals surface area contributed by atoms with Gasteiger partial charge < -0.3 is 10.8 Å². The first-order chi connectivity index (χ1) is 9.38. The van der Waals surface area contributed by atoms with Crippen molar-refractivity contribution in [2.24, 2.45) is 5.92 Å². The average Bonchev–Trinajstić information content (AvgIpc) is 2.71. The van der Waals surface area contributed by atoms with Crippen LogP contribution < -0.4 is 5.73 Å². The number of aryl methyl sites for hydroxylation is 1. The number of nitrogen functional groups attached to an aromatic ring is 1. The fourth-order valence-electron chi connectivity index (χ4n) is 1.81. The molecule has 2 heterocycles. The molecule has 6 nitrogen and oxygen atoms in total. The summed E-state index contributed by atoms with van der Waals surface area (Å²) >= 11 is 1.11. The summed E-state index contributed by atoms with van der Waals surface area (Å²) in [5.41, 5.74) is 7.03. The molecule has 0 aromatic carbocycles. The standard InChI is InChI=1S/C13H16N4O2S/c1-6(2)4-9-10(13(18)19)20-12(17-9)8-5-15-7(3)16-11(8)14/h5-6H,4H2,1-3H3,(H,18,19)(H2,14,15,16). The van der Waals surface area contributed by atoms with Gasteiger partial charge in [-0.05, 0) is 19.3 Å². The number of carbonyl (C=O) groups is 1. The van der Waals surface area contributed by atoms with Crippen LogP contribution in [0.25, 0.3) is 10.6 Å². The van der Waals surface area contributed by atoms with Crippen molar-refractivity contribution in [2.75, 3.05) is 5.73 Å². The van der Waals surface area contributed by atoms with Gasteiger partial charge in [0.05, 0.1) is 11.3 Å². The van der Waals surface area contributed by atoms with Gasteiger partial charge in [0.2, 0.25) is 0 Å². The van der Waals surface area contributed by atoms with Crippen molar-refractivity contribution >= 4 is 23.1 Å². The van der Waals surface area contributed by atoms with Gasteiger partial charge >= 0.3 is 5.97 Å². The molecule has 0 aliphatic rings. The Labute approximate surface area is 120 Å². The molecule has 20 heavy (non-hydrogen) atoms. The third-order valence-electron chi connectivity index (χ3n) is 2.66. The van der Waals surface area contributed by atoms with Crippen LogP contribution in [0.3, 0.4) is 0 Å². The molecule has 106 valence electrons. The molecule has 0 aliphatic carbocycles. The fraction of sp³-hybridized carbons (Fsp3) is 0.385. The van der Waals surface area contributed by atoms with Crippen molar-refractivity contribution in [3.8, 4) is 10.6 Å². The topological polar surface area (TPSA) is 102 Å². The highest BCUT2D eigenvalue weighted by molar-refractivity contribution is 7.17. The van der Waals surface area contributed by atoms with E-state index in [1.165, 1.54) is 0 Å². The smallest absolute Gasteiger partial charge is 0.347 e. The molecule has 2 aromatic heterocycles. The second-order valence-electron chi connectivity index (χ2n) is 4.91. The first-order valence-corrected chi connectivity index (χ1v) is 7.02. The van der Waals surface area contributed by atoms with E-state index in [2.05, 4.69) is 15.0 Å². The van der Waals surface area contributed by atoms with Gasteiger partial charge in [0.15, 0.2) is 0 Å². The van der Waals surface area contributed by atoms with E-state index in [-0.39, 0.29) is 4.88 Å². The van der Waals surface area contributed by atoms with E-state index in [4.69, 9.17) is 5.73 Å². The second kappa shape index (κ2) is 5.54. The van der Waals surface area contributed by atoms with Gasteiger partial charge in [-0.3, -0.25) is 0 Å². The first-order valence-electron chi connectivity index (χ1n) is 6.21. The van der Waals surface area contributed by atoms with Gasteiger partial charge in [0.1, 0.15) is 21.5 Å². The van der Waals surface area contributed by atoms with Crippen LogP contribution in [0, 0.1) is 12.8 Å². The maximum absolute atomic E-state index is 11.3. The Hall–Kier alpha value is -2.02. The molecular formula is C13H16N4O2S. The number of nitrogens with zero attached hydrogens (tertiary/aromatic N) is 3. The maximum atomic E-state index is 11.3. The Morgan fingerprint density at radius 3 is 2.70 bits per heavy atom. The second-order valence-corrected chi connectivity index (χ2v) is 5.91. The highest BCUT2D eigenvalue weighted by Crippen LogP contribution is 2.31. The van der Waals surface area contributed by atoms with Crippen LogP contribution >= 0.6 is 11.3 Å². The summed E-state index contributed by atoms with van der Waals surface area (Å²) in [6.07, 6.45) is 2.20. The maximum Gasteiger partial charge on any atom is 0.347 e. The normalized spacial score (nSPS) is 11.0. The van der Waals surface area contributed by atoms with Crippen LogP contribution in [-0.4, -0.2) is 26.0 Å². The average molecular weight is 292 g/mol. The number of rotatable bonds is 4. The number of aromatic carboxylic acids is 1. The van der Waals surface area contributed by atoms with Crippen LogP contribution in [0.4, 0.5) is 5.82 Å². The molecule has 0 bridgehead atoms. The molecule has 0 atom stereocenters. The summed E-state index contributed by atoms with van der Waals surface area (Å²) in [7, 11) is 0. The number of hydrogen-bond donors (Lipinski definition) is 2. The molecule has 0 unspecified atom stereocenters. The van der Waals surface area contributed by atoms with Crippen molar-refractivity contribution in [3.63, 3.8) is 0 Å². The van der Waals surface area contributed by atoms with E-state index >= 15 is 0 Å². The largest absolute Gasteiger partial charge is 0.477 e. The highest BCUT2D eigenvalue weighted by atomic mass is 32.1. The monoisotopic (exact) mass is 292 g/mol. The number of carboxylic acids is 1. The zero-order valence-corrected chi connectivity index (χ0v) is 12.4. The van der Waals surface area contributed by atoms with Gasteiger partial charge in [-0.1, -0.05) is 13.8 Å². The van der Waals surface area contributed by atoms with Crippen LogP contribution in [-0.2, 0) is 6.42 Å². The van der Waals surface area contributed by atoms with E-state index < -0.39 is 5.97 Å².